The first-order chi connectivity index (χ1) is 11.1. The molecule has 0 saturated carbocycles. The SMILES string of the molecule is O=c1o[nH]c(-c2ccccc2F)c1C=Nc1ccc(Br)cc1Br. The van der Waals surface area contributed by atoms with E-state index >= 15 is 0 Å². The van der Waals surface area contributed by atoms with Gasteiger partial charge in [0.15, 0.2) is 0 Å². The monoisotopic (exact) mass is 438 g/mol. The average Bonchev–Trinajstić information content (AvgIpc) is 2.88. The van der Waals surface area contributed by atoms with Crippen LogP contribution in [0.15, 0.2) is 65.7 Å². The summed E-state index contributed by atoms with van der Waals surface area (Å²) in [5.41, 5.74) is 0.679. The van der Waals surface area contributed by atoms with E-state index in [0.717, 1.165) is 8.95 Å². The molecule has 0 atom stereocenters. The minimum absolute atomic E-state index is 0.157. The van der Waals surface area contributed by atoms with Crippen molar-refractivity contribution in [3.8, 4) is 11.3 Å². The van der Waals surface area contributed by atoms with Gasteiger partial charge in [-0.2, -0.15) is 0 Å². The molecule has 0 aliphatic heterocycles. The van der Waals surface area contributed by atoms with Gasteiger partial charge in [-0.05, 0) is 46.3 Å². The molecule has 0 unspecified atom stereocenters. The van der Waals surface area contributed by atoms with Crippen molar-refractivity contribution < 1.29 is 8.91 Å². The van der Waals surface area contributed by atoms with Crippen molar-refractivity contribution in [3.05, 3.63) is 73.2 Å². The van der Waals surface area contributed by atoms with E-state index in [9.17, 15) is 9.18 Å². The lowest BCUT2D eigenvalue weighted by Gasteiger charge is -2.01. The predicted molar refractivity (Wildman–Crippen MR) is 93.8 cm³/mol. The zero-order valence-corrected chi connectivity index (χ0v) is 14.7. The lowest BCUT2D eigenvalue weighted by molar-refractivity contribution is 0.393. The van der Waals surface area contributed by atoms with E-state index in [1.54, 1.807) is 24.3 Å². The topological polar surface area (TPSA) is 58.4 Å². The third-order valence-electron chi connectivity index (χ3n) is 3.12. The first kappa shape index (κ1) is 15.9. The fourth-order valence-electron chi connectivity index (χ4n) is 2.01. The van der Waals surface area contributed by atoms with Crippen LogP contribution >= 0.6 is 31.9 Å². The third kappa shape index (κ3) is 3.35. The first-order valence-corrected chi connectivity index (χ1v) is 8.10. The lowest BCUT2D eigenvalue weighted by atomic mass is 10.1. The van der Waals surface area contributed by atoms with Crippen molar-refractivity contribution in [2.45, 2.75) is 0 Å². The molecule has 7 heteroatoms. The summed E-state index contributed by atoms with van der Waals surface area (Å²) in [7, 11) is 0. The van der Waals surface area contributed by atoms with Crippen molar-refractivity contribution in [2.24, 2.45) is 4.99 Å². The minimum Gasteiger partial charge on any atom is -0.338 e. The van der Waals surface area contributed by atoms with Crippen molar-refractivity contribution in [1.82, 2.24) is 5.16 Å². The molecule has 0 amide bonds. The molecule has 0 saturated heterocycles. The number of hydrogen-bond acceptors (Lipinski definition) is 3. The summed E-state index contributed by atoms with van der Waals surface area (Å²) in [5, 5.41) is 2.45. The molecule has 1 heterocycles. The molecule has 4 nitrogen and oxygen atoms in total. The van der Waals surface area contributed by atoms with Gasteiger partial charge in [0.1, 0.15) is 11.4 Å². The lowest BCUT2D eigenvalue weighted by Crippen LogP contribution is -2.01. The Morgan fingerprint density at radius 2 is 1.96 bits per heavy atom. The van der Waals surface area contributed by atoms with Crippen molar-refractivity contribution in [3.63, 3.8) is 0 Å². The van der Waals surface area contributed by atoms with Gasteiger partial charge in [-0.25, -0.2) is 14.3 Å². The van der Waals surface area contributed by atoms with Crippen LogP contribution in [0, 0.1) is 5.82 Å². The molecule has 23 heavy (non-hydrogen) atoms. The van der Waals surface area contributed by atoms with Gasteiger partial charge in [0.2, 0.25) is 0 Å². The number of nitrogens with zero attached hydrogens (tertiary/aromatic N) is 1. The van der Waals surface area contributed by atoms with Gasteiger partial charge in [0.05, 0.1) is 11.4 Å². The highest BCUT2D eigenvalue weighted by Gasteiger charge is 2.15. The number of hydrogen-bond donors (Lipinski definition) is 1. The van der Waals surface area contributed by atoms with E-state index in [0.29, 0.717) is 5.69 Å². The zero-order chi connectivity index (χ0) is 16.4. The summed E-state index contributed by atoms with van der Waals surface area (Å²) >= 11 is 6.75. The van der Waals surface area contributed by atoms with Gasteiger partial charge in [0.25, 0.3) is 0 Å². The molecular weight excluding hydrogens is 431 g/mol. The molecule has 3 aromatic rings. The highest BCUT2D eigenvalue weighted by Crippen LogP contribution is 2.29. The van der Waals surface area contributed by atoms with Crippen LogP contribution < -0.4 is 5.63 Å². The van der Waals surface area contributed by atoms with E-state index in [1.807, 2.05) is 12.1 Å². The molecule has 0 aliphatic rings. The molecule has 3 rings (SSSR count). The molecule has 0 spiro atoms. The van der Waals surface area contributed by atoms with Crippen LogP contribution in [-0.2, 0) is 0 Å². The fourth-order valence-corrected chi connectivity index (χ4v) is 3.16. The van der Waals surface area contributed by atoms with Crippen molar-refractivity contribution in [1.29, 1.82) is 0 Å². The summed E-state index contributed by atoms with van der Waals surface area (Å²) in [5.74, 6) is -0.455. The fraction of sp³-hybridized carbons (Fsp3) is 0. The highest BCUT2D eigenvalue weighted by atomic mass is 79.9. The summed E-state index contributed by atoms with van der Waals surface area (Å²) in [4.78, 5) is 16.1. The Morgan fingerprint density at radius 1 is 1.17 bits per heavy atom. The van der Waals surface area contributed by atoms with Gasteiger partial charge in [-0.15, -0.1) is 0 Å². The number of aliphatic imine (C=N–C) groups is 1. The standard InChI is InChI=1S/C16H9Br2FN2O2/c17-9-5-6-14(12(18)7-9)20-8-11-15(21-23-16(11)22)10-3-1-2-4-13(10)19/h1-8,21H. The number of H-pyrrole nitrogens is 1. The van der Waals surface area contributed by atoms with Crippen LogP contribution in [-0.4, -0.2) is 11.4 Å². The maximum Gasteiger partial charge on any atom is 0.366 e. The Hall–Kier alpha value is -1.99. The summed E-state index contributed by atoms with van der Waals surface area (Å²) in [6.45, 7) is 0. The number of aromatic nitrogens is 1. The molecule has 0 fully saturated rings. The van der Waals surface area contributed by atoms with Crippen LogP contribution in [0.1, 0.15) is 5.56 Å². The Balaban J connectivity index is 2.04. The molecule has 0 radical (unpaired) electrons. The normalized spacial score (nSPS) is 11.3. The predicted octanol–water partition coefficient (Wildman–Crippen LogP) is 5.05. The summed E-state index contributed by atoms with van der Waals surface area (Å²) < 4.78 is 20.4. The number of benzene rings is 2. The van der Waals surface area contributed by atoms with Crippen LogP contribution in [0.4, 0.5) is 10.1 Å². The smallest absolute Gasteiger partial charge is 0.338 e. The Bertz CT molecular complexity index is 947. The van der Waals surface area contributed by atoms with E-state index in [2.05, 4.69) is 42.0 Å². The zero-order valence-electron chi connectivity index (χ0n) is 11.5. The second-order valence-electron chi connectivity index (χ2n) is 4.61. The highest BCUT2D eigenvalue weighted by molar-refractivity contribution is 9.11. The van der Waals surface area contributed by atoms with E-state index < -0.39 is 11.4 Å². The van der Waals surface area contributed by atoms with Crippen LogP contribution in [0.2, 0.25) is 0 Å². The maximum absolute atomic E-state index is 13.9. The summed E-state index contributed by atoms with van der Waals surface area (Å²) in [6.07, 6.45) is 1.36. The Morgan fingerprint density at radius 3 is 2.70 bits per heavy atom. The first-order valence-electron chi connectivity index (χ1n) is 6.52. The molecular formula is C16H9Br2FN2O2. The largest absolute Gasteiger partial charge is 0.366 e. The Labute approximate surface area is 147 Å². The summed E-state index contributed by atoms with van der Waals surface area (Å²) in [6, 6.07) is 11.6. The van der Waals surface area contributed by atoms with Crippen molar-refractivity contribution in [2.75, 3.05) is 0 Å². The van der Waals surface area contributed by atoms with Gasteiger partial charge >= 0.3 is 5.63 Å². The quantitative estimate of drug-likeness (QED) is 0.580. The second kappa shape index (κ2) is 6.64. The van der Waals surface area contributed by atoms with Gasteiger partial charge in [0, 0.05) is 20.7 Å². The van der Waals surface area contributed by atoms with E-state index in [1.165, 1.54) is 12.3 Å². The number of rotatable bonds is 3. The van der Waals surface area contributed by atoms with Gasteiger partial charge in [-0.3, -0.25) is 4.99 Å². The molecule has 1 aromatic heterocycles. The molecule has 0 bridgehead atoms. The maximum atomic E-state index is 13.9. The minimum atomic E-state index is -0.611. The van der Waals surface area contributed by atoms with Crippen LogP contribution in [0.3, 0.4) is 0 Å². The molecule has 2 aromatic carbocycles. The second-order valence-corrected chi connectivity index (χ2v) is 6.38. The van der Waals surface area contributed by atoms with Crippen LogP contribution in [0.25, 0.3) is 11.3 Å². The van der Waals surface area contributed by atoms with Crippen LogP contribution in [0.5, 0.6) is 0 Å². The third-order valence-corrected chi connectivity index (χ3v) is 4.25. The van der Waals surface area contributed by atoms with Gasteiger partial charge < -0.3 is 4.52 Å². The number of halogens is 3. The van der Waals surface area contributed by atoms with Gasteiger partial charge in [-0.1, -0.05) is 28.1 Å². The van der Waals surface area contributed by atoms with Crippen molar-refractivity contribution >= 4 is 43.8 Å². The number of nitrogens with one attached hydrogen (secondary N) is 1. The molecule has 116 valence electrons. The van der Waals surface area contributed by atoms with E-state index in [-0.39, 0.29) is 16.8 Å². The molecule has 0 aliphatic carbocycles. The number of aromatic amines is 1. The Kier molecular flexibility index (Phi) is 4.58. The average molecular weight is 440 g/mol. The van der Waals surface area contributed by atoms with E-state index in [4.69, 9.17) is 4.52 Å². The molecule has 1 N–H and O–H groups in total.